The van der Waals surface area contributed by atoms with Crippen molar-refractivity contribution in [2.45, 2.75) is 34.6 Å². The Morgan fingerprint density at radius 3 is 2.18 bits per heavy atom. The van der Waals surface area contributed by atoms with Crippen LogP contribution >= 0.6 is 0 Å². The van der Waals surface area contributed by atoms with Gasteiger partial charge in [0, 0.05) is 0 Å². The molecule has 3 aromatic carbocycles. The van der Waals surface area contributed by atoms with Gasteiger partial charge in [-0.2, -0.15) is 0 Å². The molecule has 0 fully saturated rings. The topological polar surface area (TPSA) is 58.6 Å². The Balaban J connectivity index is 1.87. The van der Waals surface area contributed by atoms with Gasteiger partial charge < -0.3 is 10.1 Å². The fourth-order valence-corrected chi connectivity index (χ4v) is 4.11. The first kappa shape index (κ1) is 22.3. The van der Waals surface area contributed by atoms with E-state index in [1.54, 1.807) is 0 Å². The Morgan fingerprint density at radius 2 is 1.52 bits per heavy atom. The Labute approximate surface area is 194 Å². The van der Waals surface area contributed by atoms with E-state index in [0.717, 1.165) is 22.3 Å². The Morgan fingerprint density at radius 1 is 0.818 bits per heavy atom. The van der Waals surface area contributed by atoms with Crippen LogP contribution in [0.15, 0.2) is 66.4 Å². The average molecular weight is 441 g/mol. The second-order valence-corrected chi connectivity index (χ2v) is 8.39. The van der Waals surface area contributed by atoms with Gasteiger partial charge in [0.05, 0.1) is 23.6 Å². The molecule has 3 aromatic rings. The van der Waals surface area contributed by atoms with E-state index in [0.29, 0.717) is 34.9 Å². The molecule has 1 aliphatic rings. The van der Waals surface area contributed by atoms with Gasteiger partial charge in [0.15, 0.2) is 0 Å². The SMILES string of the molecule is CCOc1ccccc1NC1=C(c2ccc(C)c(C)c2)C(=O)N(c2cc(C)cc(C)c2)C1=O. The van der Waals surface area contributed by atoms with E-state index in [1.165, 1.54) is 4.90 Å². The maximum atomic E-state index is 13.7. The molecule has 0 bridgehead atoms. The molecule has 168 valence electrons. The number of anilines is 2. The summed E-state index contributed by atoms with van der Waals surface area (Å²) in [7, 11) is 0. The minimum atomic E-state index is -0.385. The number of hydrogen-bond donors (Lipinski definition) is 1. The number of para-hydroxylation sites is 2. The van der Waals surface area contributed by atoms with Crippen molar-refractivity contribution in [2.24, 2.45) is 0 Å². The van der Waals surface area contributed by atoms with Crippen molar-refractivity contribution in [3.8, 4) is 5.75 Å². The standard InChI is InChI=1S/C28H28N2O3/c1-6-33-24-10-8-7-9-23(24)29-26-25(21-12-11-19(4)20(5)16-21)27(31)30(28(26)32)22-14-17(2)13-18(3)15-22/h7-16,29H,6H2,1-5H3. The van der Waals surface area contributed by atoms with E-state index in [2.05, 4.69) is 5.32 Å². The maximum absolute atomic E-state index is 13.7. The number of benzene rings is 3. The summed E-state index contributed by atoms with van der Waals surface area (Å²) in [5.41, 5.74) is 6.67. The van der Waals surface area contributed by atoms with E-state index < -0.39 is 0 Å². The van der Waals surface area contributed by atoms with Gasteiger partial charge in [-0.3, -0.25) is 9.59 Å². The number of carbonyl (C=O) groups is 2. The first-order valence-electron chi connectivity index (χ1n) is 11.1. The number of carbonyl (C=O) groups excluding carboxylic acids is 2. The lowest BCUT2D eigenvalue weighted by Gasteiger charge is -2.17. The van der Waals surface area contributed by atoms with Crippen LogP contribution in [0.3, 0.4) is 0 Å². The van der Waals surface area contributed by atoms with Gasteiger partial charge in [0.2, 0.25) is 0 Å². The van der Waals surface area contributed by atoms with E-state index >= 15 is 0 Å². The lowest BCUT2D eigenvalue weighted by molar-refractivity contribution is -0.120. The van der Waals surface area contributed by atoms with Gasteiger partial charge in [0.25, 0.3) is 11.8 Å². The lowest BCUT2D eigenvalue weighted by Crippen LogP contribution is -2.32. The van der Waals surface area contributed by atoms with Crippen LogP contribution in [-0.2, 0) is 9.59 Å². The fourth-order valence-electron chi connectivity index (χ4n) is 4.11. The molecule has 0 saturated carbocycles. The molecule has 1 heterocycles. The molecule has 0 atom stereocenters. The number of aryl methyl sites for hydroxylation is 4. The minimum absolute atomic E-state index is 0.245. The summed E-state index contributed by atoms with van der Waals surface area (Å²) in [5, 5.41) is 3.23. The van der Waals surface area contributed by atoms with Gasteiger partial charge >= 0.3 is 0 Å². The molecule has 0 aliphatic carbocycles. The summed E-state index contributed by atoms with van der Waals surface area (Å²) in [6.45, 7) is 10.3. The third kappa shape index (κ3) is 4.27. The van der Waals surface area contributed by atoms with Crippen LogP contribution in [0.2, 0.25) is 0 Å². The summed E-state index contributed by atoms with van der Waals surface area (Å²) in [5.74, 6) is -0.105. The van der Waals surface area contributed by atoms with Crippen LogP contribution < -0.4 is 15.0 Å². The molecule has 0 aromatic heterocycles. The molecule has 0 unspecified atom stereocenters. The van der Waals surface area contributed by atoms with Crippen molar-refractivity contribution >= 4 is 28.8 Å². The molecular weight excluding hydrogens is 412 g/mol. The number of rotatable bonds is 6. The second kappa shape index (κ2) is 8.94. The predicted octanol–water partition coefficient (Wildman–Crippen LogP) is 5.72. The van der Waals surface area contributed by atoms with Crippen LogP contribution in [0.1, 0.15) is 34.7 Å². The van der Waals surface area contributed by atoms with Crippen molar-refractivity contribution in [1.82, 2.24) is 0 Å². The third-order valence-corrected chi connectivity index (χ3v) is 5.79. The molecule has 0 radical (unpaired) electrons. The van der Waals surface area contributed by atoms with Crippen molar-refractivity contribution in [1.29, 1.82) is 0 Å². The van der Waals surface area contributed by atoms with E-state index in [1.807, 2.05) is 95.3 Å². The van der Waals surface area contributed by atoms with Crippen molar-refractivity contribution in [3.05, 3.63) is 94.2 Å². The van der Waals surface area contributed by atoms with Crippen LogP contribution in [0.5, 0.6) is 5.75 Å². The van der Waals surface area contributed by atoms with E-state index in [9.17, 15) is 9.59 Å². The monoisotopic (exact) mass is 440 g/mol. The van der Waals surface area contributed by atoms with Crippen LogP contribution in [0.4, 0.5) is 11.4 Å². The number of amides is 2. The molecule has 5 nitrogen and oxygen atoms in total. The van der Waals surface area contributed by atoms with Gasteiger partial charge in [-0.25, -0.2) is 4.90 Å². The first-order valence-corrected chi connectivity index (χ1v) is 11.1. The highest BCUT2D eigenvalue weighted by Crippen LogP contribution is 2.36. The van der Waals surface area contributed by atoms with Crippen molar-refractivity contribution in [3.63, 3.8) is 0 Å². The number of ether oxygens (including phenoxy) is 1. The molecule has 33 heavy (non-hydrogen) atoms. The van der Waals surface area contributed by atoms with Crippen LogP contribution in [-0.4, -0.2) is 18.4 Å². The molecule has 0 spiro atoms. The third-order valence-electron chi connectivity index (χ3n) is 5.79. The maximum Gasteiger partial charge on any atom is 0.282 e. The molecule has 5 heteroatoms. The van der Waals surface area contributed by atoms with Crippen molar-refractivity contribution in [2.75, 3.05) is 16.8 Å². The molecular formula is C28H28N2O3. The van der Waals surface area contributed by atoms with E-state index in [-0.39, 0.29) is 17.5 Å². The molecule has 2 amide bonds. The Kier molecular flexibility index (Phi) is 6.05. The normalized spacial score (nSPS) is 13.7. The zero-order valence-electron chi connectivity index (χ0n) is 19.7. The highest BCUT2D eigenvalue weighted by Gasteiger charge is 2.40. The number of nitrogens with zero attached hydrogens (tertiary/aromatic N) is 1. The molecule has 1 aliphatic heterocycles. The number of nitrogens with one attached hydrogen (secondary N) is 1. The van der Waals surface area contributed by atoms with Crippen LogP contribution in [0.25, 0.3) is 5.57 Å². The quantitative estimate of drug-likeness (QED) is 0.499. The average Bonchev–Trinajstić information content (AvgIpc) is 3.00. The van der Waals surface area contributed by atoms with Crippen LogP contribution in [0, 0.1) is 27.7 Å². The summed E-state index contributed by atoms with van der Waals surface area (Å²) in [4.78, 5) is 28.7. The van der Waals surface area contributed by atoms with Gasteiger partial charge in [-0.1, -0.05) is 36.4 Å². The second-order valence-electron chi connectivity index (χ2n) is 8.39. The first-order chi connectivity index (χ1) is 15.8. The number of imide groups is 1. The largest absolute Gasteiger partial charge is 0.492 e. The number of hydrogen-bond acceptors (Lipinski definition) is 4. The Hall–Kier alpha value is -3.86. The highest BCUT2D eigenvalue weighted by atomic mass is 16.5. The summed E-state index contributed by atoms with van der Waals surface area (Å²) < 4.78 is 5.73. The van der Waals surface area contributed by atoms with E-state index in [4.69, 9.17) is 4.74 Å². The van der Waals surface area contributed by atoms with Gasteiger partial charge in [0.1, 0.15) is 11.4 Å². The summed E-state index contributed by atoms with van der Waals surface area (Å²) in [6, 6.07) is 19.0. The molecule has 4 rings (SSSR count). The molecule has 0 saturated heterocycles. The highest BCUT2D eigenvalue weighted by molar-refractivity contribution is 6.46. The minimum Gasteiger partial charge on any atom is -0.492 e. The van der Waals surface area contributed by atoms with Gasteiger partial charge in [-0.05, 0) is 86.7 Å². The molecule has 1 N–H and O–H groups in total. The zero-order valence-corrected chi connectivity index (χ0v) is 19.7. The van der Waals surface area contributed by atoms with Gasteiger partial charge in [-0.15, -0.1) is 0 Å². The predicted molar refractivity (Wildman–Crippen MR) is 132 cm³/mol. The fraction of sp³-hybridized carbons (Fsp3) is 0.214. The lowest BCUT2D eigenvalue weighted by atomic mass is 9.99. The van der Waals surface area contributed by atoms with Crippen molar-refractivity contribution < 1.29 is 14.3 Å². The summed E-state index contributed by atoms with van der Waals surface area (Å²) >= 11 is 0. The zero-order chi connectivity index (χ0) is 23.7. The summed E-state index contributed by atoms with van der Waals surface area (Å²) in [6.07, 6.45) is 0. The smallest absolute Gasteiger partial charge is 0.282 e. The Bertz CT molecular complexity index is 1270.